The lowest BCUT2D eigenvalue weighted by Gasteiger charge is -2.01. The average Bonchev–Trinajstić information content (AvgIpc) is 2.83. The second kappa shape index (κ2) is 4.19. The van der Waals surface area contributed by atoms with Crippen molar-refractivity contribution >= 4 is 26.7 Å². The Morgan fingerprint density at radius 2 is 1.78 bits per heavy atom. The number of rotatable bonds is 1. The molecular weight excluding hydrogens is 248 g/mol. The molecular formula is C13H8N2O2S. The highest BCUT2D eigenvalue weighted by atomic mass is 32.2. The van der Waals surface area contributed by atoms with Crippen molar-refractivity contribution in [2.45, 2.75) is 0 Å². The topological polar surface area (TPSA) is 58.9 Å². The number of hydrogen-bond donors (Lipinski definition) is 0. The van der Waals surface area contributed by atoms with E-state index < -0.39 is 10.3 Å². The van der Waals surface area contributed by atoms with Gasteiger partial charge in [0.25, 0.3) is 0 Å². The average molecular weight is 256 g/mol. The van der Waals surface area contributed by atoms with E-state index in [9.17, 15) is 8.42 Å². The summed E-state index contributed by atoms with van der Waals surface area (Å²) in [6.07, 6.45) is 4.94. The summed E-state index contributed by atoms with van der Waals surface area (Å²) < 4.78 is 22.2. The molecule has 5 heteroatoms. The van der Waals surface area contributed by atoms with Crippen molar-refractivity contribution in [3.63, 3.8) is 0 Å². The van der Waals surface area contributed by atoms with E-state index in [0.717, 1.165) is 5.56 Å². The molecule has 0 unspecified atom stereocenters. The van der Waals surface area contributed by atoms with Crippen LogP contribution in [0.5, 0.6) is 0 Å². The molecule has 3 rings (SSSR count). The van der Waals surface area contributed by atoms with Gasteiger partial charge in [0.2, 0.25) is 10.3 Å². The van der Waals surface area contributed by atoms with E-state index in [-0.39, 0.29) is 4.86 Å². The Morgan fingerprint density at radius 1 is 1.00 bits per heavy atom. The van der Waals surface area contributed by atoms with Gasteiger partial charge in [-0.15, -0.1) is 0 Å². The molecule has 0 aromatic heterocycles. The molecule has 0 radical (unpaired) electrons. The van der Waals surface area contributed by atoms with Gasteiger partial charge in [0.15, 0.2) is 5.84 Å². The predicted octanol–water partition coefficient (Wildman–Crippen LogP) is 1.39. The lowest BCUT2D eigenvalue weighted by molar-refractivity contribution is 0.627. The van der Waals surface area contributed by atoms with Crippen molar-refractivity contribution < 1.29 is 8.42 Å². The Labute approximate surface area is 105 Å². The zero-order valence-electron chi connectivity index (χ0n) is 9.24. The third-order valence-electron chi connectivity index (χ3n) is 2.63. The molecule has 2 aliphatic rings. The van der Waals surface area contributed by atoms with Gasteiger partial charge < -0.3 is 0 Å². The van der Waals surface area contributed by atoms with Gasteiger partial charge in [-0.25, -0.2) is 9.98 Å². The Morgan fingerprint density at radius 3 is 2.50 bits per heavy atom. The molecule has 0 saturated carbocycles. The van der Waals surface area contributed by atoms with Crippen LogP contribution in [0.25, 0.3) is 0 Å². The zero-order chi connectivity index (χ0) is 12.5. The summed E-state index contributed by atoms with van der Waals surface area (Å²) in [6.45, 7) is 0. The number of benzene rings is 1. The first-order valence-electron chi connectivity index (χ1n) is 5.34. The van der Waals surface area contributed by atoms with Crippen molar-refractivity contribution in [2.75, 3.05) is 0 Å². The summed E-state index contributed by atoms with van der Waals surface area (Å²) in [5, 5.41) is 0. The smallest absolute Gasteiger partial charge is 0.223 e. The molecule has 1 aromatic carbocycles. The van der Waals surface area contributed by atoms with E-state index in [4.69, 9.17) is 0 Å². The molecule has 1 aromatic rings. The quantitative estimate of drug-likeness (QED) is 0.713. The fourth-order valence-electron chi connectivity index (χ4n) is 1.81. The van der Waals surface area contributed by atoms with Crippen LogP contribution in [-0.2, 0) is 10.3 Å². The summed E-state index contributed by atoms with van der Waals surface area (Å²) >= 11 is 0. The maximum Gasteiger partial charge on any atom is 0.223 e. The van der Waals surface area contributed by atoms with Gasteiger partial charge in [-0.1, -0.05) is 36.4 Å². The Balaban J connectivity index is 2.13. The van der Waals surface area contributed by atoms with E-state index in [1.807, 2.05) is 30.3 Å². The number of nitrogens with zero attached hydrogens (tertiary/aromatic N) is 2. The Bertz CT molecular complexity index is 758. The van der Waals surface area contributed by atoms with Gasteiger partial charge in [0.05, 0.1) is 5.70 Å². The van der Waals surface area contributed by atoms with Gasteiger partial charge in [-0.05, 0) is 12.2 Å². The molecule has 0 atom stereocenters. The van der Waals surface area contributed by atoms with Crippen LogP contribution >= 0.6 is 0 Å². The van der Waals surface area contributed by atoms with Crippen molar-refractivity contribution in [2.24, 2.45) is 9.98 Å². The standard InChI is InChI=1S/C13H8N2O2S/c16-18(17)11-8-4-7-10-12(11)15-13(14-10)9-5-2-1-3-6-9/h1-8H. The summed E-state index contributed by atoms with van der Waals surface area (Å²) in [5.74, 6) is 0.545. The van der Waals surface area contributed by atoms with E-state index in [2.05, 4.69) is 9.98 Å². The first kappa shape index (κ1) is 10.9. The van der Waals surface area contributed by atoms with Crippen LogP contribution in [0, 0.1) is 0 Å². The van der Waals surface area contributed by atoms with Gasteiger partial charge in [-0.2, -0.15) is 8.42 Å². The van der Waals surface area contributed by atoms with E-state index in [0.29, 0.717) is 17.2 Å². The number of fused-ring (bicyclic) bond motifs is 1. The number of hydrogen-bond acceptors (Lipinski definition) is 4. The molecule has 1 aliphatic heterocycles. The minimum Gasteiger partial charge on any atom is -0.226 e. The molecule has 0 fully saturated rings. The minimum atomic E-state index is -2.30. The van der Waals surface area contributed by atoms with Crippen LogP contribution in [0.2, 0.25) is 0 Å². The third-order valence-corrected chi connectivity index (χ3v) is 3.32. The number of allylic oxidation sites excluding steroid dienone is 4. The largest absolute Gasteiger partial charge is 0.226 e. The monoisotopic (exact) mass is 256 g/mol. The van der Waals surface area contributed by atoms with Crippen LogP contribution in [0.15, 0.2) is 64.2 Å². The number of amidine groups is 1. The second-order valence-electron chi connectivity index (χ2n) is 3.77. The summed E-state index contributed by atoms with van der Waals surface area (Å²) in [7, 11) is -2.30. The maximum absolute atomic E-state index is 11.1. The number of aliphatic imine (C=N–C) groups is 2. The highest BCUT2D eigenvalue weighted by Gasteiger charge is 2.23. The molecule has 1 heterocycles. The van der Waals surface area contributed by atoms with Crippen molar-refractivity contribution in [1.29, 1.82) is 0 Å². The fraction of sp³-hybridized carbons (Fsp3) is 0. The first-order valence-corrected chi connectivity index (χ1v) is 6.41. The first-order chi connectivity index (χ1) is 8.75. The van der Waals surface area contributed by atoms with Gasteiger partial charge in [0, 0.05) is 5.56 Å². The van der Waals surface area contributed by atoms with Crippen molar-refractivity contribution in [3.8, 4) is 0 Å². The van der Waals surface area contributed by atoms with E-state index in [1.54, 1.807) is 12.2 Å². The maximum atomic E-state index is 11.1. The molecule has 88 valence electrons. The molecule has 0 spiro atoms. The minimum absolute atomic E-state index is 0.183. The van der Waals surface area contributed by atoms with Crippen LogP contribution < -0.4 is 0 Å². The highest BCUT2D eigenvalue weighted by Crippen LogP contribution is 2.19. The summed E-state index contributed by atoms with van der Waals surface area (Å²) in [5.41, 5.74) is 1.89. The molecule has 18 heavy (non-hydrogen) atoms. The van der Waals surface area contributed by atoms with Crippen LogP contribution in [-0.4, -0.2) is 24.8 Å². The predicted molar refractivity (Wildman–Crippen MR) is 71.6 cm³/mol. The third kappa shape index (κ3) is 1.74. The van der Waals surface area contributed by atoms with Crippen molar-refractivity contribution in [1.82, 2.24) is 0 Å². The second-order valence-corrected chi connectivity index (χ2v) is 4.68. The van der Waals surface area contributed by atoms with Gasteiger partial charge >= 0.3 is 0 Å². The molecule has 0 N–H and O–H groups in total. The Hall–Kier alpha value is -2.27. The summed E-state index contributed by atoms with van der Waals surface area (Å²) in [6, 6.07) is 9.47. The molecule has 0 bridgehead atoms. The van der Waals surface area contributed by atoms with E-state index >= 15 is 0 Å². The highest BCUT2D eigenvalue weighted by molar-refractivity contribution is 7.75. The van der Waals surface area contributed by atoms with Crippen molar-refractivity contribution in [3.05, 3.63) is 59.8 Å². The SMILES string of the molecule is O=S(=O)=C1C=CC=C2N=C(c3ccccc3)N=C21. The summed E-state index contributed by atoms with van der Waals surface area (Å²) in [4.78, 5) is 8.82. The molecule has 1 aliphatic carbocycles. The van der Waals surface area contributed by atoms with Crippen LogP contribution in [0.1, 0.15) is 5.56 Å². The molecule has 0 saturated heterocycles. The molecule has 0 amide bonds. The molecule has 4 nitrogen and oxygen atoms in total. The Kier molecular flexibility index (Phi) is 2.53. The normalized spacial score (nSPS) is 16.9. The lowest BCUT2D eigenvalue weighted by atomic mass is 10.1. The van der Waals surface area contributed by atoms with Gasteiger partial charge in [-0.3, -0.25) is 0 Å². The lowest BCUT2D eigenvalue weighted by Crippen LogP contribution is -2.15. The van der Waals surface area contributed by atoms with Crippen LogP contribution in [0.4, 0.5) is 0 Å². The van der Waals surface area contributed by atoms with Gasteiger partial charge in [0.1, 0.15) is 10.6 Å². The fourth-order valence-corrected chi connectivity index (χ4v) is 2.31. The van der Waals surface area contributed by atoms with Crippen LogP contribution in [0.3, 0.4) is 0 Å². The van der Waals surface area contributed by atoms with E-state index in [1.165, 1.54) is 6.08 Å². The zero-order valence-corrected chi connectivity index (χ0v) is 10.1.